The molecule has 2 rings (SSSR count). The second kappa shape index (κ2) is 5.69. The van der Waals surface area contributed by atoms with Crippen molar-refractivity contribution in [1.82, 2.24) is 0 Å². The third-order valence-electron chi connectivity index (χ3n) is 2.99. The number of furan rings is 1. The fraction of sp³-hybridized carbons (Fsp3) is 0.267. The van der Waals surface area contributed by atoms with E-state index in [4.69, 9.17) is 18.6 Å². The molecule has 0 radical (unpaired) electrons. The van der Waals surface area contributed by atoms with Gasteiger partial charge in [0.25, 0.3) is 0 Å². The van der Waals surface area contributed by atoms with Crippen LogP contribution in [0.1, 0.15) is 16.1 Å². The van der Waals surface area contributed by atoms with Crippen molar-refractivity contribution in [3.63, 3.8) is 0 Å². The summed E-state index contributed by atoms with van der Waals surface area (Å²) in [4.78, 5) is 11.6. The van der Waals surface area contributed by atoms with Gasteiger partial charge in [-0.05, 0) is 31.2 Å². The number of hydrogen-bond acceptors (Lipinski definition) is 5. The molecular formula is C15H16O5. The van der Waals surface area contributed by atoms with Gasteiger partial charge in [0, 0.05) is 5.56 Å². The van der Waals surface area contributed by atoms with Gasteiger partial charge in [0.2, 0.25) is 0 Å². The van der Waals surface area contributed by atoms with Gasteiger partial charge in [-0.15, -0.1) is 0 Å². The van der Waals surface area contributed by atoms with Crippen molar-refractivity contribution < 1.29 is 23.4 Å². The molecule has 5 heteroatoms. The van der Waals surface area contributed by atoms with E-state index in [2.05, 4.69) is 0 Å². The standard InChI is InChI=1S/C15H16O5/c1-9-11(15(16)19-4)8-13(20-9)10-5-6-12(17-2)14(7-10)18-3/h5-8H,1-4H3. The van der Waals surface area contributed by atoms with Gasteiger partial charge in [0.1, 0.15) is 17.1 Å². The predicted octanol–water partition coefficient (Wildman–Crippen LogP) is 3.06. The molecule has 0 saturated carbocycles. The molecular weight excluding hydrogens is 260 g/mol. The van der Waals surface area contributed by atoms with Crippen molar-refractivity contribution in [3.05, 3.63) is 35.6 Å². The molecule has 0 atom stereocenters. The van der Waals surface area contributed by atoms with E-state index in [0.717, 1.165) is 5.56 Å². The fourth-order valence-electron chi connectivity index (χ4n) is 1.93. The maximum Gasteiger partial charge on any atom is 0.341 e. The lowest BCUT2D eigenvalue weighted by Gasteiger charge is -2.08. The monoisotopic (exact) mass is 276 g/mol. The van der Waals surface area contributed by atoms with Crippen molar-refractivity contribution in [2.75, 3.05) is 21.3 Å². The number of aryl methyl sites for hydroxylation is 1. The molecule has 1 heterocycles. The van der Waals surface area contributed by atoms with Crippen LogP contribution >= 0.6 is 0 Å². The Bertz CT molecular complexity index is 627. The summed E-state index contributed by atoms with van der Waals surface area (Å²) in [6.07, 6.45) is 0. The van der Waals surface area contributed by atoms with Crippen LogP contribution < -0.4 is 9.47 Å². The van der Waals surface area contributed by atoms with Crippen molar-refractivity contribution in [3.8, 4) is 22.8 Å². The Morgan fingerprint density at radius 3 is 2.35 bits per heavy atom. The maximum atomic E-state index is 11.6. The number of rotatable bonds is 4. The summed E-state index contributed by atoms with van der Waals surface area (Å²) in [7, 11) is 4.48. The minimum Gasteiger partial charge on any atom is -0.493 e. The number of carbonyl (C=O) groups excluding carboxylic acids is 1. The van der Waals surface area contributed by atoms with Crippen LogP contribution in [-0.4, -0.2) is 27.3 Å². The average Bonchev–Trinajstić information content (AvgIpc) is 2.87. The fourth-order valence-corrected chi connectivity index (χ4v) is 1.93. The Kier molecular flexibility index (Phi) is 3.98. The van der Waals surface area contributed by atoms with Crippen molar-refractivity contribution in [2.45, 2.75) is 6.92 Å². The quantitative estimate of drug-likeness (QED) is 0.803. The number of methoxy groups -OCH3 is 3. The van der Waals surface area contributed by atoms with Crippen LogP contribution in [0.4, 0.5) is 0 Å². The van der Waals surface area contributed by atoms with Gasteiger partial charge in [-0.25, -0.2) is 4.79 Å². The molecule has 0 unspecified atom stereocenters. The van der Waals surface area contributed by atoms with Gasteiger partial charge in [0.15, 0.2) is 11.5 Å². The Hall–Kier alpha value is -2.43. The molecule has 1 aromatic carbocycles. The summed E-state index contributed by atoms with van der Waals surface area (Å²) in [5, 5.41) is 0. The molecule has 0 bridgehead atoms. The van der Waals surface area contributed by atoms with Gasteiger partial charge in [-0.3, -0.25) is 0 Å². The van der Waals surface area contributed by atoms with Crippen LogP contribution in [0, 0.1) is 6.92 Å². The summed E-state index contributed by atoms with van der Waals surface area (Å²) in [6, 6.07) is 7.06. The largest absolute Gasteiger partial charge is 0.493 e. The third kappa shape index (κ3) is 2.47. The van der Waals surface area contributed by atoms with E-state index in [1.807, 2.05) is 6.07 Å². The zero-order chi connectivity index (χ0) is 14.7. The molecule has 0 aliphatic heterocycles. The van der Waals surface area contributed by atoms with Crippen molar-refractivity contribution in [2.24, 2.45) is 0 Å². The molecule has 2 aromatic rings. The molecule has 5 nitrogen and oxygen atoms in total. The van der Waals surface area contributed by atoms with Crippen molar-refractivity contribution in [1.29, 1.82) is 0 Å². The molecule has 106 valence electrons. The topological polar surface area (TPSA) is 57.9 Å². The van der Waals surface area contributed by atoms with E-state index in [1.54, 1.807) is 39.3 Å². The average molecular weight is 276 g/mol. The first-order chi connectivity index (χ1) is 9.60. The van der Waals surface area contributed by atoms with Gasteiger partial charge >= 0.3 is 5.97 Å². The second-order valence-electron chi connectivity index (χ2n) is 4.14. The number of carbonyl (C=O) groups is 1. The Morgan fingerprint density at radius 1 is 1.05 bits per heavy atom. The SMILES string of the molecule is COC(=O)c1cc(-c2ccc(OC)c(OC)c2)oc1C. The van der Waals surface area contributed by atoms with Crippen LogP contribution in [0.15, 0.2) is 28.7 Å². The van der Waals surface area contributed by atoms with Crippen LogP contribution in [-0.2, 0) is 4.74 Å². The van der Waals surface area contributed by atoms with E-state index in [0.29, 0.717) is 28.6 Å². The highest BCUT2D eigenvalue weighted by molar-refractivity contribution is 5.91. The summed E-state index contributed by atoms with van der Waals surface area (Å²) < 4.78 is 20.7. The highest BCUT2D eigenvalue weighted by Gasteiger charge is 2.17. The molecule has 0 aliphatic carbocycles. The first-order valence-electron chi connectivity index (χ1n) is 6.01. The maximum absolute atomic E-state index is 11.6. The molecule has 0 N–H and O–H groups in total. The normalized spacial score (nSPS) is 10.2. The van der Waals surface area contributed by atoms with Gasteiger partial charge in [-0.2, -0.15) is 0 Å². The minimum absolute atomic E-state index is 0.414. The second-order valence-corrected chi connectivity index (χ2v) is 4.14. The lowest BCUT2D eigenvalue weighted by atomic mass is 10.1. The summed E-state index contributed by atoms with van der Waals surface area (Å²) in [5.74, 6) is 1.90. The minimum atomic E-state index is -0.419. The number of esters is 1. The zero-order valence-corrected chi connectivity index (χ0v) is 11.9. The number of hydrogen-bond donors (Lipinski definition) is 0. The first kappa shape index (κ1) is 14.0. The number of ether oxygens (including phenoxy) is 3. The summed E-state index contributed by atoms with van der Waals surface area (Å²) >= 11 is 0. The van der Waals surface area contributed by atoms with Crippen LogP contribution in [0.3, 0.4) is 0 Å². The number of benzene rings is 1. The van der Waals surface area contributed by atoms with Crippen LogP contribution in [0.2, 0.25) is 0 Å². The first-order valence-corrected chi connectivity index (χ1v) is 6.01. The smallest absolute Gasteiger partial charge is 0.341 e. The molecule has 20 heavy (non-hydrogen) atoms. The van der Waals surface area contributed by atoms with Crippen LogP contribution in [0.25, 0.3) is 11.3 Å². The van der Waals surface area contributed by atoms with E-state index in [-0.39, 0.29) is 0 Å². The van der Waals surface area contributed by atoms with Gasteiger partial charge < -0.3 is 18.6 Å². The van der Waals surface area contributed by atoms with Crippen molar-refractivity contribution >= 4 is 5.97 Å². The Morgan fingerprint density at radius 2 is 1.75 bits per heavy atom. The van der Waals surface area contributed by atoms with Gasteiger partial charge in [0.05, 0.1) is 21.3 Å². The Balaban J connectivity index is 2.44. The highest BCUT2D eigenvalue weighted by Crippen LogP contribution is 2.34. The van der Waals surface area contributed by atoms with E-state index in [1.165, 1.54) is 7.11 Å². The molecule has 0 fully saturated rings. The van der Waals surface area contributed by atoms with E-state index < -0.39 is 5.97 Å². The highest BCUT2D eigenvalue weighted by atomic mass is 16.5. The molecule has 0 aliphatic rings. The third-order valence-corrected chi connectivity index (χ3v) is 2.99. The van der Waals surface area contributed by atoms with E-state index >= 15 is 0 Å². The lowest BCUT2D eigenvalue weighted by Crippen LogP contribution is -2.00. The Labute approximate surface area is 117 Å². The molecule has 1 aromatic heterocycles. The summed E-state index contributed by atoms with van der Waals surface area (Å²) in [5.41, 5.74) is 1.21. The molecule has 0 spiro atoms. The summed E-state index contributed by atoms with van der Waals surface area (Å²) in [6.45, 7) is 1.72. The molecule has 0 amide bonds. The lowest BCUT2D eigenvalue weighted by molar-refractivity contribution is 0.0599. The molecule has 0 saturated heterocycles. The van der Waals surface area contributed by atoms with Gasteiger partial charge in [-0.1, -0.05) is 0 Å². The van der Waals surface area contributed by atoms with Crippen LogP contribution in [0.5, 0.6) is 11.5 Å². The zero-order valence-electron chi connectivity index (χ0n) is 11.9. The van der Waals surface area contributed by atoms with E-state index in [9.17, 15) is 4.79 Å². The predicted molar refractivity (Wildman–Crippen MR) is 73.3 cm³/mol.